The first kappa shape index (κ1) is 16.7. The van der Waals surface area contributed by atoms with Gasteiger partial charge in [0.1, 0.15) is 5.82 Å². The fraction of sp³-hybridized carbons (Fsp3) is 0.750. The van der Waals surface area contributed by atoms with Crippen molar-refractivity contribution in [2.24, 2.45) is 0 Å². The summed E-state index contributed by atoms with van der Waals surface area (Å²) in [6.07, 6.45) is 8.95. The number of unbranched alkanes of at least 4 members (excludes halogenated alkanes) is 2. The highest BCUT2D eigenvalue weighted by Gasteiger charge is 2.10. The molecule has 4 nitrogen and oxygen atoms in total. The summed E-state index contributed by atoms with van der Waals surface area (Å²) in [5, 5.41) is 0. The molecule has 0 bridgehead atoms. The Balaban J connectivity index is 2.14. The van der Waals surface area contributed by atoms with E-state index in [0.717, 1.165) is 57.4 Å². The minimum Gasteiger partial charge on any atom is -0.346 e. The van der Waals surface area contributed by atoms with E-state index in [1.54, 1.807) is 0 Å². The van der Waals surface area contributed by atoms with Gasteiger partial charge in [0.2, 0.25) is 5.91 Å². The van der Waals surface area contributed by atoms with Gasteiger partial charge in [0, 0.05) is 31.4 Å². The van der Waals surface area contributed by atoms with Gasteiger partial charge in [-0.3, -0.25) is 4.79 Å². The molecule has 0 saturated heterocycles. The first-order chi connectivity index (χ1) is 9.67. The van der Waals surface area contributed by atoms with E-state index in [9.17, 15) is 4.79 Å². The van der Waals surface area contributed by atoms with Gasteiger partial charge in [-0.1, -0.05) is 20.3 Å². The summed E-state index contributed by atoms with van der Waals surface area (Å²) in [6, 6.07) is 0. The van der Waals surface area contributed by atoms with Gasteiger partial charge < -0.3 is 9.88 Å². The van der Waals surface area contributed by atoms with Gasteiger partial charge in [0.25, 0.3) is 0 Å². The maximum Gasteiger partial charge on any atom is 0.222 e. The molecule has 114 valence electrons. The Bertz CT molecular complexity index is 381. The minimum atomic E-state index is 0.325. The molecular formula is C16H29N3O. The number of nitrogens with zero attached hydrogens (tertiary/aromatic N) is 2. The van der Waals surface area contributed by atoms with E-state index in [1.807, 2.05) is 18.0 Å². The van der Waals surface area contributed by atoms with Gasteiger partial charge in [-0.2, -0.15) is 0 Å². The normalized spacial score (nSPS) is 10.8. The Labute approximate surface area is 123 Å². The largest absolute Gasteiger partial charge is 0.346 e. The number of aromatic nitrogens is 2. The molecule has 4 heteroatoms. The van der Waals surface area contributed by atoms with Crippen molar-refractivity contribution in [3.05, 3.63) is 17.7 Å². The first-order valence-corrected chi connectivity index (χ1v) is 7.95. The number of nitrogens with one attached hydrogen (secondary N) is 1. The zero-order valence-corrected chi connectivity index (χ0v) is 13.2. The SMILES string of the molecule is CCCN(CCC)C(=O)CCCCCc1cnc(C)[nH]1. The lowest BCUT2D eigenvalue weighted by Crippen LogP contribution is -2.32. The molecule has 0 saturated carbocycles. The van der Waals surface area contributed by atoms with E-state index in [-0.39, 0.29) is 0 Å². The molecule has 1 aromatic heterocycles. The van der Waals surface area contributed by atoms with Crippen LogP contribution in [0.2, 0.25) is 0 Å². The van der Waals surface area contributed by atoms with Crippen molar-refractivity contribution in [1.82, 2.24) is 14.9 Å². The van der Waals surface area contributed by atoms with Gasteiger partial charge in [-0.25, -0.2) is 4.98 Å². The summed E-state index contributed by atoms with van der Waals surface area (Å²) in [5.41, 5.74) is 1.20. The van der Waals surface area contributed by atoms with E-state index in [0.29, 0.717) is 12.3 Å². The van der Waals surface area contributed by atoms with Crippen molar-refractivity contribution in [1.29, 1.82) is 0 Å². The summed E-state index contributed by atoms with van der Waals surface area (Å²) in [4.78, 5) is 21.5. The Morgan fingerprint density at radius 2 is 1.90 bits per heavy atom. The fourth-order valence-corrected chi connectivity index (χ4v) is 2.43. The number of amides is 1. The highest BCUT2D eigenvalue weighted by Crippen LogP contribution is 2.08. The van der Waals surface area contributed by atoms with Crippen LogP contribution in [0, 0.1) is 6.92 Å². The summed E-state index contributed by atoms with van der Waals surface area (Å²) in [6.45, 7) is 8.03. The summed E-state index contributed by atoms with van der Waals surface area (Å²) >= 11 is 0. The number of imidazole rings is 1. The third kappa shape index (κ3) is 6.22. The quantitative estimate of drug-likeness (QED) is 0.667. The maximum absolute atomic E-state index is 12.1. The first-order valence-electron chi connectivity index (χ1n) is 7.95. The number of hydrogen-bond donors (Lipinski definition) is 1. The van der Waals surface area contributed by atoms with Gasteiger partial charge in [-0.05, 0) is 39.0 Å². The molecule has 1 heterocycles. The third-order valence-electron chi connectivity index (χ3n) is 3.43. The zero-order valence-electron chi connectivity index (χ0n) is 13.2. The molecule has 0 aliphatic rings. The lowest BCUT2D eigenvalue weighted by Gasteiger charge is -2.21. The van der Waals surface area contributed by atoms with Crippen molar-refractivity contribution in [3.63, 3.8) is 0 Å². The molecule has 20 heavy (non-hydrogen) atoms. The Kier molecular flexibility index (Phi) is 8.00. The lowest BCUT2D eigenvalue weighted by atomic mass is 10.1. The molecule has 1 rings (SSSR count). The standard InChI is InChI=1S/C16H29N3O/c1-4-11-19(12-5-2)16(20)10-8-6-7-9-15-13-17-14(3)18-15/h13H,4-12H2,1-3H3,(H,17,18). The minimum absolute atomic E-state index is 0.325. The van der Waals surface area contributed by atoms with Gasteiger partial charge >= 0.3 is 0 Å². The predicted octanol–water partition coefficient (Wildman–Crippen LogP) is 3.47. The number of hydrogen-bond acceptors (Lipinski definition) is 2. The van der Waals surface area contributed by atoms with Gasteiger partial charge in [0.15, 0.2) is 0 Å². The van der Waals surface area contributed by atoms with Crippen LogP contribution in [0.4, 0.5) is 0 Å². The second-order valence-corrected chi connectivity index (χ2v) is 5.44. The predicted molar refractivity (Wildman–Crippen MR) is 82.7 cm³/mol. The van der Waals surface area contributed by atoms with E-state index >= 15 is 0 Å². The van der Waals surface area contributed by atoms with Crippen molar-refractivity contribution in [2.45, 2.75) is 65.7 Å². The molecule has 0 atom stereocenters. The third-order valence-corrected chi connectivity index (χ3v) is 3.43. The zero-order chi connectivity index (χ0) is 14.8. The highest BCUT2D eigenvalue weighted by atomic mass is 16.2. The molecule has 1 N–H and O–H groups in total. The number of aryl methyl sites for hydroxylation is 2. The maximum atomic E-state index is 12.1. The number of carbonyl (C=O) groups is 1. The number of rotatable bonds is 10. The number of carbonyl (C=O) groups excluding carboxylic acids is 1. The van der Waals surface area contributed by atoms with Crippen LogP contribution < -0.4 is 0 Å². The van der Waals surface area contributed by atoms with Crippen molar-refractivity contribution < 1.29 is 4.79 Å². The molecule has 0 aliphatic heterocycles. The average Bonchev–Trinajstić information content (AvgIpc) is 2.83. The fourth-order valence-electron chi connectivity index (χ4n) is 2.43. The Hall–Kier alpha value is -1.32. The van der Waals surface area contributed by atoms with Crippen molar-refractivity contribution in [2.75, 3.05) is 13.1 Å². The van der Waals surface area contributed by atoms with Crippen LogP contribution in [0.3, 0.4) is 0 Å². The molecule has 0 aromatic carbocycles. The smallest absolute Gasteiger partial charge is 0.222 e. The molecule has 1 amide bonds. The van der Waals surface area contributed by atoms with E-state index in [2.05, 4.69) is 23.8 Å². The molecular weight excluding hydrogens is 250 g/mol. The molecule has 0 fully saturated rings. The van der Waals surface area contributed by atoms with E-state index < -0.39 is 0 Å². The van der Waals surface area contributed by atoms with Gasteiger partial charge in [-0.15, -0.1) is 0 Å². The molecule has 0 radical (unpaired) electrons. The van der Waals surface area contributed by atoms with Crippen LogP contribution in [-0.4, -0.2) is 33.9 Å². The molecule has 0 unspecified atom stereocenters. The Morgan fingerprint density at radius 3 is 2.45 bits per heavy atom. The van der Waals surface area contributed by atoms with E-state index in [4.69, 9.17) is 0 Å². The monoisotopic (exact) mass is 279 g/mol. The lowest BCUT2D eigenvalue weighted by molar-refractivity contribution is -0.131. The van der Waals surface area contributed by atoms with Crippen LogP contribution in [0.25, 0.3) is 0 Å². The number of H-pyrrole nitrogens is 1. The van der Waals surface area contributed by atoms with Gasteiger partial charge in [0.05, 0.1) is 0 Å². The molecule has 0 spiro atoms. The topological polar surface area (TPSA) is 49.0 Å². The second kappa shape index (κ2) is 9.56. The van der Waals surface area contributed by atoms with Crippen LogP contribution in [0.5, 0.6) is 0 Å². The van der Waals surface area contributed by atoms with Crippen LogP contribution in [0.1, 0.15) is 63.9 Å². The summed E-state index contributed by atoms with van der Waals surface area (Å²) < 4.78 is 0. The van der Waals surface area contributed by atoms with Crippen LogP contribution >= 0.6 is 0 Å². The van der Waals surface area contributed by atoms with Crippen molar-refractivity contribution in [3.8, 4) is 0 Å². The molecule has 1 aromatic rings. The number of aromatic amines is 1. The van der Waals surface area contributed by atoms with E-state index in [1.165, 1.54) is 5.69 Å². The Morgan fingerprint density at radius 1 is 1.20 bits per heavy atom. The molecule has 0 aliphatic carbocycles. The van der Waals surface area contributed by atoms with Crippen LogP contribution in [0.15, 0.2) is 6.20 Å². The summed E-state index contributed by atoms with van der Waals surface area (Å²) in [5.74, 6) is 1.30. The van der Waals surface area contributed by atoms with Crippen LogP contribution in [-0.2, 0) is 11.2 Å². The second-order valence-electron chi connectivity index (χ2n) is 5.44. The average molecular weight is 279 g/mol. The van der Waals surface area contributed by atoms with Crippen molar-refractivity contribution >= 4 is 5.91 Å². The summed E-state index contributed by atoms with van der Waals surface area (Å²) in [7, 11) is 0. The highest BCUT2D eigenvalue weighted by molar-refractivity contribution is 5.76.